The van der Waals surface area contributed by atoms with Gasteiger partial charge in [-0.3, -0.25) is 9.63 Å². The van der Waals surface area contributed by atoms with Crippen LogP contribution in [0.5, 0.6) is 0 Å². The van der Waals surface area contributed by atoms with Gasteiger partial charge >= 0.3 is 0 Å². The molecule has 0 aromatic heterocycles. The Hall–Kier alpha value is -0.650. The third-order valence-electron chi connectivity index (χ3n) is 1.54. The molecule has 0 saturated carbocycles. The van der Waals surface area contributed by atoms with Gasteiger partial charge in [0.15, 0.2) is 0 Å². The SMILES string of the molecule is CN(C)CC(=O)N[C@H]1CNOC1. The lowest BCUT2D eigenvalue weighted by Crippen LogP contribution is -2.42. The van der Waals surface area contributed by atoms with E-state index in [1.54, 1.807) is 0 Å². The van der Waals surface area contributed by atoms with E-state index < -0.39 is 0 Å². The molecule has 0 radical (unpaired) electrons. The van der Waals surface area contributed by atoms with Crippen molar-refractivity contribution in [3.05, 3.63) is 0 Å². The fraction of sp³-hybridized carbons (Fsp3) is 0.857. The first-order valence-electron chi connectivity index (χ1n) is 3.97. The van der Waals surface area contributed by atoms with Crippen LogP contribution in [-0.4, -0.2) is 50.6 Å². The summed E-state index contributed by atoms with van der Waals surface area (Å²) < 4.78 is 0. The van der Waals surface area contributed by atoms with E-state index in [4.69, 9.17) is 4.84 Å². The van der Waals surface area contributed by atoms with E-state index in [-0.39, 0.29) is 11.9 Å². The molecule has 1 atom stereocenters. The average Bonchev–Trinajstić information content (AvgIpc) is 2.37. The lowest BCUT2D eigenvalue weighted by Gasteiger charge is -2.12. The summed E-state index contributed by atoms with van der Waals surface area (Å²) >= 11 is 0. The number of carbonyl (C=O) groups excluding carboxylic acids is 1. The predicted molar refractivity (Wildman–Crippen MR) is 44.4 cm³/mol. The molecule has 70 valence electrons. The van der Waals surface area contributed by atoms with E-state index in [0.717, 1.165) is 0 Å². The fourth-order valence-electron chi connectivity index (χ4n) is 1.03. The average molecular weight is 173 g/mol. The van der Waals surface area contributed by atoms with Gasteiger partial charge in [-0.05, 0) is 14.1 Å². The quantitative estimate of drug-likeness (QED) is 0.549. The number of hydrogen-bond donors (Lipinski definition) is 2. The molecular formula is C7H15N3O2. The Morgan fingerprint density at radius 3 is 3.00 bits per heavy atom. The molecule has 0 unspecified atom stereocenters. The zero-order valence-corrected chi connectivity index (χ0v) is 7.46. The van der Waals surface area contributed by atoms with Gasteiger partial charge in [0, 0.05) is 6.54 Å². The number of hydrogen-bond acceptors (Lipinski definition) is 4. The molecule has 5 heteroatoms. The minimum absolute atomic E-state index is 0.0392. The maximum absolute atomic E-state index is 11.2. The second kappa shape index (κ2) is 4.39. The largest absolute Gasteiger partial charge is 0.348 e. The van der Waals surface area contributed by atoms with Crippen molar-refractivity contribution in [3.8, 4) is 0 Å². The van der Waals surface area contributed by atoms with Crippen LogP contribution in [0.3, 0.4) is 0 Å². The Morgan fingerprint density at radius 1 is 1.75 bits per heavy atom. The summed E-state index contributed by atoms with van der Waals surface area (Å²) in [6, 6.07) is 0.123. The highest BCUT2D eigenvalue weighted by Gasteiger charge is 2.17. The summed E-state index contributed by atoms with van der Waals surface area (Å²) in [5.74, 6) is 0.0392. The monoisotopic (exact) mass is 173 g/mol. The number of nitrogens with one attached hydrogen (secondary N) is 2. The lowest BCUT2D eigenvalue weighted by atomic mass is 10.3. The first-order chi connectivity index (χ1) is 5.68. The standard InChI is InChI=1S/C7H15N3O2/c1-10(2)4-7(11)9-6-3-8-12-5-6/h6,8H,3-5H2,1-2H3,(H,9,11)/t6-/m0/s1. The van der Waals surface area contributed by atoms with Crippen molar-refractivity contribution in [2.75, 3.05) is 33.8 Å². The fourth-order valence-corrected chi connectivity index (χ4v) is 1.03. The highest BCUT2D eigenvalue weighted by atomic mass is 16.7. The van der Waals surface area contributed by atoms with E-state index in [1.807, 2.05) is 19.0 Å². The molecule has 0 spiro atoms. The van der Waals surface area contributed by atoms with E-state index in [2.05, 4.69) is 10.8 Å². The Kier molecular flexibility index (Phi) is 3.46. The Balaban J connectivity index is 2.16. The summed E-state index contributed by atoms with van der Waals surface area (Å²) in [5, 5.41) is 2.84. The van der Waals surface area contributed by atoms with Gasteiger partial charge in [0.25, 0.3) is 0 Å². The maximum Gasteiger partial charge on any atom is 0.234 e. The van der Waals surface area contributed by atoms with Crippen LogP contribution in [0, 0.1) is 0 Å². The van der Waals surface area contributed by atoms with Crippen LogP contribution < -0.4 is 10.8 Å². The highest BCUT2D eigenvalue weighted by Crippen LogP contribution is 1.91. The predicted octanol–water partition coefficient (Wildman–Crippen LogP) is -1.43. The van der Waals surface area contributed by atoms with Crippen LogP contribution in [-0.2, 0) is 9.63 Å². The number of rotatable bonds is 3. The minimum Gasteiger partial charge on any atom is -0.348 e. The van der Waals surface area contributed by atoms with Crippen molar-refractivity contribution in [2.45, 2.75) is 6.04 Å². The molecule has 5 nitrogen and oxygen atoms in total. The number of hydroxylamine groups is 1. The van der Waals surface area contributed by atoms with Crippen LogP contribution in [0.25, 0.3) is 0 Å². The summed E-state index contributed by atoms with van der Waals surface area (Å²) in [5.41, 5.74) is 2.70. The first-order valence-corrected chi connectivity index (χ1v) is 3.97. The summed E-state index contributed by atoms with van der Waals surface area (Å²) in [4.78, 5) is 17.9. The number of carbonyl (C=O) groups is 1. The molecule has 0 aromatic carbocycles. The molecular weight excluding hydrogens is 158 g/mol. The Morgan fingerprint density at radius 2 is 2.50 bits per heavy atom. The van der Waals surface area contributed by atoms with Gasteiger partial charge < -0.3 is 10.2 Å². The van der Waals surface area contributed by atoms with Crippen LogP contribution in [0.2, 0.25) is 0 Å². The van der Waals surface area contributed by atoms with Gasteiger partial charge in [0.2, 0.25) is 5.91 Å². The molecule has 1 saturated heterocycles. The number of likely N-dealkylation sites (N-methyl/N-ethyl adjacent to an activating group) is 1. The zero-order chi connectivity index (χ0) is 8.97. The molecule has 1 aliphatic heterocycles. The van der Waals surface area contributed by atoms with Gasteiger partial charge in [-0.25, -0.2) is 5.48 Å². The highest BCUT2D eigenvalue weighted by molar-refractivity contribution is 5.78. The molecule has 0 aliphatic carbocycles. The zero-order valence-electron chi connectivity index (χ0n) is 7.46. The molecule has 0 aromatic rings. The van der Waals surface area contributed by atoms with Gasteiger partial charge in [-0.2, -0.15) is 0 Å². The summed E-state index contributed by atoms with van der Waals surface area (Å²) in [7, 11) is 3.73. The van der Waals surface area contributed by atoms with Crippen LogP contribution in [0.1, 0.15) is 0 Å². The molecule has 2 N–H and O–H groups in total. The molecule has 1 amide bonds. The topological polar surface area (TPSA) is 53.6 Å². The second-order valence-corrected chi connectivity index (χ2v) is 3.16. The van der Waals surface area contributed by atoms with E-state index in [1.165, 1.54) is 0 Å². The van der Waals surface area contributed by atoms with Crippen molar-refractivity contribution in [1.82, 2.24) is 15.7 Å². The normalized spacial score (nSPS) is 23.1. The second-order valence-electron chi connectivity index (χ2n) is 3.16. The van der Waals surface area contributed by atoms with Gasteiger partial charge in [0.1, 0.15) is 0 Å². The van der Waals surface area contributed by atoms with Crippen molar-refractivity contribution >= 4 is 5.91 Å². The first kappa shape index (κ1) is 9.44. The van der Waals surface area contributed by atoms with Crippen molar-refractivity contribution in [2.24, 2.45) is 0 Å². The van der Waals surface area contributed by atoms with Gasteiger partial charge in [-0.15, -0.1) is 0 Å². The molecule has 1 fully saturated rings. The van der Waals surface area contributed by atoms with Crippen molar-refractivity contribution < 1.29 is 9.63 Å². The Bertz CT molecular complexity index is 155. The van der Waals surface area contributed by atoms with Crippen LogP contribution >= 0.6 is 0 Å². The summed E-state index contributed by atoms with van der Waals surface area (Å²) in [6.45, 7) is 1.68. The molecule has 1 heterocycles. The van der Waals surface area contributed by atoms with Gasteiger partial charge in [-0.1, -0.05) is 0 Å². The third kappa shape index (κ3) is 3.17. The maximum atomic E-state index is 11.2. The van der Waals surface area contributed by atoms with Crippen molar-refractivity contribution in [3.63, 3.8) is 0 Å². The van der Waals surface area contributed by atoms with Crippen LogP contribution in [0.15, 0.2) is 0 Å². The van der Waals surface area contributed by atoms with E-state index in [9.17, 15) is 4.79 Å². The van der Waals surface area contributed by atoms with Gasteiger partial charge in [0.05, 0.1) is 19.2 Å². The Labute approximate surface area is 72.0 Å². The van der Waals surface area contributed by atoms with Crippen LogP contribution in [0.4, 0.5) is 0 Å². The smallest absolute Gasteiger partial charge is 0.234 e. The van der Waals surface area contributed by atoms with Crippen molar-refractivity contribution in [1.29, 1.82) is 0 Å². The number of amides is 1. The molecule has 1 rings (SSSR count). The minimum atomic E-state index is 0.0392. The molecule has 1 aliphatic rings. The van der Waals surface area contributed by atoms with E-state index >= 15 is 0 Å². The third-order valence-corrected chi connectivity index (χ3v) is 1.54. The molecule has 12 heavy (non-hydrogen) atoms. The summed E-state index contributed by atoms with van der Waals surface area (Å²) in [6.07, 6.45) is 0. The molecule has 0 bridgehead atoms. The lowest BCUT2D eigenvalue weighted by molar-refractivity contribution is -0.122. The number of nitrogens with zero attached hydrogens (tertiary/aromatic N) is 1. The van der Waals surface area contributed by atoms with E-state index in [0.29, 0.717) is 19.7 Å².